The van der Waals surface area contributed by atoms with E-state index in [2.05, 4.69) is 20.0 Å². The van der Waals surface area contributed by atoms with Gasteiger partial charge in [0.05, 0.1) is 5.69 Å². The van der Waals surface area contributed by atoms with Crippen LogP contribution < -0.4 is 5.32 Å². The van der Waals surface area contributed by atoms with Gasteiger partial charge in [0.1, 0.15) is 0 Å². The van der Waals surface area contributed by atoms with Crippen molar-refractivity contribution in [2.24, 2.45) is 0 Å². The molecular weight excluding hydrogens is 282 g/mol. The van der Waals surface area contributed by atoms with Crippen LogP contribution in [0.15, 0.2) is 16.0 Å². The Morgan fingerprint density at radius 1 is 1.40 bits per heavy atom. The average Bonchev–Trinajstić information content (AvgIpc) is 2.95. The lowest BCUT2D eigenvalue weighted by Gasteiger charge is -2.14. The van der Waals surface area contributed by atoms with Crippen LogP contribution in [-0.4, -0.2) is 27.1 Å². The van der Waals surface area contributed by atoms with Crippen molar-refractivity contribution in [3.63, 3.8) is 0 Å². The monoisotopic (exact) mass is 295 g/mol. The van der Waals surface area contributed by atoms with Crippen molar-refractivity contribution >= 4 is 28.3 Å². The smallest absolute Gasteiger partial charge is 0.374 e. The fourth-order valence-corrected chi connectivity index (χ4v) is 2.25. The Balaban J connectivity index is 2.11. The standard InChI is InChI=1S/C12H13N3O4S/c1-12(2,3)8-5-20-11(13-8)14-9(16)6-4-7(10(17)18)19-15-6/h4-5H,1-3H3,(H,17,18)(H,13,14,16). The Morgan fingerprint density at radius 3 is 2.60 bits per heavy atom. The van der Waals surface area contributed by atoms with Crippen LogP contribution in [0, 0.1) is 0 Å². The molecule has 8 heteroatoms. The van der Waals surface area contributed by atoms with Crippen LogP contribution in [0.1, 0.15) is 47.5 Å². The summed E-state index contributed by atoms with van der Waals surface area (Å²) in [5.41, 5.74) is 0.656. The van der Waals surface area contributed by atoms with Gasteiger partial charge in [-0.1, -0.05) is 25.9 Å². The summed E-state index contributed by atoms with van der Waals surface area (Å²) in [6.07, 6.45) is 0. The number of hydrogen-bond donors (Lipinski definition) is 2. The van der Waals surface area contributed by atoms with Crippen LogP contribution in [0.5, 0.6) is 0 Å². The molecule has 7 nitrogen and oxygen atoms in total. The highest BCUT2D eigenvalue weighted by atomic mass is 32.1. The summed E-state index contributed by atoms with van der Waals surface area (Å²) in [6.45, 7) is 6.05. The third-order valence-electron chi connectivity index (χ3n) is 2.45. The molecule has 2 N–H and O–H groups in total. The second-order valence-corrected chi connectivity index (χ2v) is 5.98. The molecule has 0 radical (unpaired) electrons. The number of rotatable bonds is 3. The molecule has 2 rings (SSSR count). The number of carbonyl (C=O) groups excluding carboxylic acids is 1. The SMILES string of the molecule is CC(C)(C)c1csc(NC(=O)c2cc(C(=O)O)on2)n1. The zero-order chi connectivity index (χ0) is 14.9. The zero-order valence-corrected chi connectivity index (χ0v) is 11.9. The maximum absolute atomic E-state index is 11.8. The van der Waals surface area contributed by atoms with Crippen LogP contribution in [0.3, 0.4) is 0 Å². The molecule has 20 heavy (non-hydrogen) atoms. The van der Waals surface area contributed by atoms with E-state index in [0.29, 0.717) is 5.13 Å². The Hall–Kier alpha value is -2.22. The summed E-state index contributed by atoms with van der Waals surface area (Å²) in [5, 5.41) is 16.9. The van der Waals surface area contributed by atoms with Crippen molar-refractivity contribution in [1.29, 1.82) is 0 Å². The topological polar surface area (TPSA) is 105 Å². The van der Waals surface area contributed by atoms with Crippen LogP contribution >= 0.6 is 11.3 Å². The second-order valence-electron chi connectivity index (χ2n) is 5.12. The minimum absolute atomic E-state index is 0.102. The third-order valence-corrected chi connectivity index (χ3v) is 3.20. The minimum atomic E-state index is -1.28. The van der Waals surface area contributed by atoms with E-state index in [9.17, 15) is 9.59 Å². The largest absolute Gasteiger partial charge is 0.475 e. The second kappa shape index (κ2) is 5.04. The molecule has 0 unspecified atom stereocenters. The Labute approximate surface area is 118 Å². The first-order valence-electron chi connectivity index (χ1n) is 5.75. The van der Waals surface area contributed by atoms with Gasteiger partial charge in [0.2, 0.25) is 5.76 Å². The molecule has 0 aliphatic rings. The highest BCUT2D eigenvalue weighted by Gasteiger charge is 2.20. The summed E-state index contributed by atoms with van der Waals surface area (Å²) >= 11 is 1.29. The minimum Gasteiger partial charge on any atom is -0.475 e. The first-order chi connectivity index (χ1) is 9.27. The maximum atomic E-state index is 11.8. The number of thiazole rings is 1. The molecule has 0 saturated heterocycles. The average molecular weight is 295 g/mol. The number of anilines is 1. The van der Waals surface area contributed by atoms with Crippen LogP contribution in [0.25, 0.3) is 0 Å². The van der Waals surface area contributed by atoms with E-state index in [1.54, 1.807) is 0 Å². The summed E-state index contributed by atoms with van der Waals surface area (Å²) in [4.78, 5) is 26.8. The van der Waals surface area contributed by atoms with E-state index < -0.39 is 11.9 Å². The fraction of sp³-hybridized carbons (Fsp3) is 0.333. The zero-order valence-electron chi connectivity index (χ0n) is 11.1. The van der Waals surface area contributed by atoms with E-state index in [1.807, 2.05) is 26.2 Å². The summed E-state index contributed by atoms with van der Waals surface area (Å²) in [6, 6.07) is 1.07. The highest BCUT2D eigenvalue weighted by Crippen LogP contribution is 2.26. The third kappa shape index (κ3) is 3.02. The van der Waals surface area contributed by atoms with E-state index in [1.165, 1.54) is 11.3 Å². The van der Waals surface area contributed by atoms with Gasteiger partial charge in [-0.2, -0.15) is 0 Å². The van der Waals surface area contributed by atoms with Crippen molar-refractivity contribution < 1.29 is 19.2 Å². The molecule has 0 aliphatic heterocycles. The van der Waals surface area contributed by atoms with Gasteiger partial charge in [0.25, 0.3) is 5.91 Å². The molecule has 2 aromatic heterocycles. The molecule has 0 fully saturated rings. The number of aromatic nitrogens is 2. The van der Waals surface area contributed by atoms with Crippen molar-refractivity contribution in [3.05, 3.63) is 28.6 Å². The molecule has 0 bridgehead atoms. The van der Waals surface area contributed by atoms with Gasteiger partial charge in [-0.25, -0.2) is 9.78 Å². The van der Waals surface area contributed by atoms with Crippen molar-refractivity contribution in [3.8, 4) is 0 Å². The predicted molar refractivity (Wildman–Crippen MR) is 72.2 cm³/mol. The van der Waals surface area contributed by atoms with Gasteiger partial charge in [0, 0.05) is 16.9 Å². The van der Waals surface area contributed by atoms with E-state index in [0.717, 1.165) is 11.8 Å². The summed E-state index contributed by atoms with van der Waals surface area (Å²) in [5.74, 6) is -2.22. The van der Waals surface area contributed by atoms with Crippen molar-refractivity contribution in [1.82, 2.24) is 10.1 Å². The quantitative estimate of drug-likeness (QED) is 0.900. The molecule has 0 saturated carbocycles. The van der Waals surface area contributed by atoms with Gasteiger partial charge < -0.3 is 9.63 Å². The van der Waals surface area contributed by atoms with Gasteiger partial charge in [-0.3, -0.25) is 10.1 Å². The van der Waals surface area contributed by atoms with Gasteiger partial charge in [0.15, 0.2) is 10.8 Å². The van der Waals surface area contributed by atoms with Crippen molar-refractivity contribution in [2.45, 2.75) is 26.2 Å². The Bertz CT molecular complexity index is 654. The lowest BCUT2D eigenvalue weighted by atomic mass is 9.93. The van der Waals surface area contributed by atoms with Gasteiger partial charge in [-0.15, -0.1) is 11.3 Å². The van der Waals surface area contributed by atoms with Crippen LogP contribution in [0.4, 0.5) is 5.13 Å². The van der Waals surface area contributed by atoms with Gasteiger partial charge in [-0.05, 0) is 0 Å². The molecular formula is C12H13N3O4S. The fourth-order valence-electron chi connectivity index (χ4n) is 1.32. The van der Waals surface area contributed by atoms with E-state index in [-0.39, 0.29) is 16.9 Å². The van der Waals surface area contributed by atoms with E-state index >= 15 is 0 Å². The molecule has 0 aliphatic carbocycles. The summed E-state index contributed by atoms with van der Waals surface area (Å²) < 4.78 is 4.52. The predicted octanol–water partition coefficient (Wildman–Crippen LogP) is 2.38. The van der Waals surface area contributed by atoms with Crippen LogP contribution in [-0.2, 0) is 5.41 Å². The molecule has 1 amide bonds. The lowest BCUT2D eigenvalue weighted by Crippen LogP contribution is -2.14. The molecule has 0 spiro atoms. The number of nitrogens with zero attached hydrogens (tertiary/aromatic N) is 2. The number of carboxylic acids is 1. The Kier molecular flexibility index (Phi) is 3.58. The highest BCUT2D eigenvalue weighted by molar-refractivity contribution is 7.14. The molecule has 0 atom stereocenters. The number of aromatic carboxylic acids is 1. The Morgan fingerprint density at radius 2 is 2.10 bits per heavy atom. The number of nitrogens with one attached hydrogen (secondary N) is 1. The lowest BCUT2D eigenvalue weighted by molar-refractivity contribution is 0.0651. The summed E-state index contributed by atoms with van der Waals surface area (Å²) in [7, 11) is 0. The maximum Gasteiger partial charge on any atom is 0.374 e. The number of carboxylic acid groups (broad SMARTS) is 1. The number of carbonyl (C=O) groups is 2. The number of hydrogen-bond acceptors (Lipinski definition) is 6. The normalized spacial score (nSPS) is 11.3. The van der Waals surface area contributed by atoms with Gasteiger partial charge >= 0.3 is 5.97 Å². The van der Waals surface area contributed by atoms with Crippen LogP contribution in [0.2, 0.25) is 0 Å². The van der Waals surface area contributed by atoms with Crippen molar-refractivity contribution in [2.75, 3.05) is 5.32 Å². The first-order valence-corrected chi connectivity index (χ1v) is 6.62. The van der Waals surface area contributed by atoms with E-state index in [4.69, 9.17) is 5.11 Å². The molecule has 106 valence electrons. The first kappa shape index (κ1) is 14.2. The molecule has 2 heterocycles. The number of amides is 1. The molecule has 0 aromatic carbocycles. The molecule has 2 aromatic rings.